The van der Waals surface area contributed by atoms with Gasteiger partial charge in [-0.2, -0.15) is 0 Å². The minimum Gasteiger partial charge on any atom is -0.389 e. The van der Waals surface area contributed by atoms with Crippen LogP contribution in [0.25, 0.3) is 0 Å². The first-order valence-electron chi connectivity index (χ1n) is 5.68. The Bertz CT molecular complexity index is 668. The number of aromatic nitrogens is 2. The van der Waals surface area contributed by atoms with E-state index in [0.717, 1.165) is 16.8 Å². The fourth-order valence-electron chi connectivity index (χ4n) is 1.86. The van der Waals surface area contributed by atoms with Crippen LogP contribution in [-0.4, -0.2) is 48.6 Å². The quantitative estimate of drug-likeness (QED) is 0.381. The van der Waals surface area contributed by atoms with Crippen molar-refractivity contribution in [3.05, 3.63) is 33.1 Å². The number of alkyl halides is 1. The van der Waals surface area contributed by atoms with Crippen LogP contribution in [0.2, 0.25) is 0 Å². The minimum absolute atomic E-state index is 0.608. The lowest BCUT2D eigenvalue weighted by atomic mass is 10.2. The number of aromatic amines is 1. The molecule has 1 fully saturated rings. The molecule has 0 bridgehead atoms. The van der Waals surface area contributed by atoms with Gasteiger partial charge in [0.25, 0.3) is 5.56 Å². The first-order chi connectivity index (χ1) is 9.69. The molecule has 1 aromatic heterocycles. The number of hydrogen-bond donors (Lipinski definition) is 4. The lowest BCUT2D eigenvalue weighted by Gasteiger charge is -2.16. The van der Waals surface area contributed by atoms with Gasteiger partial charge in [-0.05, 0) is 0 Å². The summed E-state index contributed by atoms with van der Waals surface area (Å²) < 4.78 is 21.1. The Morgan fingerprint density at radius 3 is 2.71 bits per heavy atom. The SMILES string of the molecule is O=c1ccn([C@@H]2O[C@H](COP(=O)(O)O)[C@@H](O)[C@H]2Cl)c(=O)[nH]1. The second-order valence-corrected chi connectivity index (χ2v) is 6.05. The highest BCUT2D eigenvalue weighted by atomic mass is 35.5. The van der Waals surface area contributed by atoms with E-state index < -0.39 is 49.5 Å². The molecule has 10 nitrogen and oxygen atoms in total. The topological polar surface area (TPSA) is 151 Å². The third-order valence-corrected chi connectivity index (χ3v) is 3.79. The van der Waals surface area contributed by atoms with Gasteiger partial charge in [0, 0.05) is 12.3 Å². The highest BCUT2D eigenvalue weighted by Crippen LogP contribution is 2.39. The normalized spacial score (nSPS) is 29.7. The lowest BCUT2D eigenvalue weighted by molar-refractivity contribution is -0.0449. The van der Waals surface area contributed by atoms with Crippen LogP contribution in [0.4, 0.5) is 0 Å². The Morgan fingerprint density at radius 1 is 1.48 bits per heavy atom. The number of rotatable bonds is 4. The van der Waals surface area contributed by atoms with Crippen molar-refractivity contribution in [3.63, 3.8) is 0 Å². The zero-order valence-electron chi connectivity index (χ0n) is 10.3. The van der Waals surface area contributed by atoms with Crippen LogP contribution in [0.15, 0.2) is 21.9 Å². The van der Waals surface area contributed by atoms with Crippen molar-refractivity contribution in [1.29, 1.82) is 0 Å². The van der Waals surface area contributed by atoms with E-state index in [9.17, 15) is 19.3 Å². The van der Waals surface area contributed by atoms with Crippen LogP contribution in [0.3, 0.4) is 0 Å². The van der Waals surface area contributed by atoms with Crippen LogP contribution >= 0.6 is 19.4 Å². The van der Waals surface area contributed by atoms with Crippen molar-refractivity contribution < 1.29 is 28.7 Å². The monoisotopic (exact) mass is 342 g/mol. The van der Waals surface area contributed by atoms with Gasteiger partial charge in [-0.15, -0.1) is 11.6 Å². The molecule has 12 heteroatoms. The van der Waals surface area contributed by atoms with Gasteiger partial charge in [-0.3, -0.25) is 18.9 Å². The predicted octanol–water partition coefficient (Wildman–Crippen LogP) is -1.49. The maximum Gasteiger partial charge on any atom is 0.469 e. The first kappa shape index (κ1) is 16.4. The zero-order chi connectivity index (χ0) is 15.8. The summed E-state index contributed by atoms with van der Waals surface area (Å²) in [7, 11) is -4.72. The molecule has 1 aromatic rings. The molecule has 2 rings (SSSR count). The summed E-state index contributed by atoms with van der Waals surface area (Å²) in [5, 5.41) is 8.78. The van der Waals surface area contributed by atoms with Crippen molar-refractivity contribution >= 4 is 19.4 Å². The molecule has 21 heavy (non-hydrogen) atoms. The summed E-state index contributed by atoms with van der Waals surface area (Å²) in [5.74, 6) is 0. The zero-order valence-corrected chi connectivity index (χ0v) is 12.0. The van der Waals surface area contributed by atoms with Crippen LogP contribution in [0.1, 0.15) is 6.23 Å². The summed E-state index contributed by atoms with van der Waals surface area (Å²) in [6.45, 7) is -0.608. The molecule has 4 N–H and O–H groups in total. The molecule has 1 aliphatic heterocycles. The summed E-state index contributed by atoms with van der Waals surface area (Å²) >= 11 is 5.94. The van der Waals surface area contributed by atoms with Gasteiger partial charge in [0.05, 0.1) is 6.61 Å². The molecule has 0 amide bonds. The summed E-state index contributed by atoms with van der Waals surface area (Å²) in [6.07, 6.45) is -2.43. The average molecular weight is 343 g/mol. The van der Waals surface area contributed by atoms with E-state index in [1.807, 2.05) is 4.98 Å². The van der Waals surface area contributed by atoms with Gasteiger partial charge >= 0.3 is 13.5 Å². The highest BCUT2D eigenvalue weighted by Gasteiger charge is 2.44. The Hall–Kier alpha value is -1.00. The number of ether oxygens (including phenoxy) is 1. The second-order valence-electron chi connectivity index (χ2n) is 4.30. The van der Waals surface area contributed by atoms with E-state index in [-0.39, 0.29) is 0 Å². The molecule has 4 atom stereocenters. The van der Waals surface area contributed by atoms with Gasteiger partial charge in [-0.1, -0.05) is 0 Å². The van der Waals surface area contributed by atoms with Gasteiger partial charge < -0.3 is 19.6 Å². The maximum atomic E-state index is 11.6. The van der Waals surface area contributed by atoms with Gasteiger partial charge in [0.15, 0.2) is 6.23 Å². The lowest BCUT2D eigenvalue weighted by Crippen LogP contribution is -2.35. The third kappa shape index (κ3) is 3.80. The standard InChI is InChI=1S/C9H12ClN2O8P/c10-6-7(14)4(3-19-21(16,17)18)20-8(6)12-2-1-5(13)11-9(12)15/h1-2,4,6-8,14H,3H2,(H,11,13,15)(H2,16,17,18)/t4-,6-,7-,8-/m1/s1. The number of halogens is 1. The van der Waals surface area contributed by atoms with E-state index in [2.05, 4.69) is 4.52 Å². The number of aliphatic hydroxyl groups is 1. The number of nitrogens with zero attached hydrogens (tertiary/aromatic N) is 1. The van der Waals surface area contributed by atoms with Gasteiger partial charge in [-0.25, -0.2) is 9.36 Å². The van der Waals surface area contributed by atoms with Crippen molar-refractivity contribution in [1.82, 2.24) is 9.55 Å². The molecule has 0 aromatic carbocycles. The Balaban J connectivity index is 2.18. The molecule has 0 spiro atoms. The van der Waals surface area contributed by atoms with E-state index >= 15 is 0 Å². The Kier molecular flexibility index (Phi) is 4.69. The molecule has 118 valence electrons. The molecule has 1 aliphatic rings. The Labute approximate surface area is 122 Å². The molecule has 1 saturated heterocycles. The van der Waals surface area contributed by atoms with Crippen LogP contribution < -0.4 is 11.2 Å². The molecular weight excluding hydrogens is 331 g/mol. The number of phosphoric ester groups is 1. The average Bonchev–Trinajstić information content (AvgIpc) is 2.64. The molecule has 0 unspecified atom stereocenters. The molecule has 0 saturated carbocycles. The summed E-state index contributed by atoms with van der Waals surface area (Å²) in [4.78, 5) is 41.8. The fraction of sp³-hybridized carbons (Fsp3) is 0.556. The Morgan fingerprint density at radius 2 is 2.14 bits per heavy atom. The van der Waals surface area contributed by atoms with E-state index in [1.54, 1.807) is 0 Å². The van der Waals surface area contributed by atoms with Crippen molar-refractivity contribution in [2.75, 3.05) is 6.61 Å². The molecular formula is C9H12ClN2O8P. The van der Waals surface area contributed by atoms with E-state index in [1.165, 1.54) is 0 Å². The molecule has 0 radical (unpaired) electrons. The highest BCUT2D eigenvalue weighted by molar-refractivity contribution is 7.46. The van der Waals surface area contributed by atoms with Crippen LogP contribution in [0.5, 0.6) is 0 Å². The number of H-pyrrole nitrogens is 1. The number of aliphatic hydroxyl groups excluding tert-OH is 1. The second kappa shape index (κ2) is 6.01. The first-order valence-corrected chi connectivity index (χ1v) is 7.65. The minimum atomic E-state index is -4.72. The van der Waals surface area contributed by atoms with Crippen LogP contribution in [0, 0.1) is 0 Å². The molecule has 2 heterocycles. The van der Waals surface area contributed by atoms with Crippen molar-refractivity contribution in [2.24, 2.45) is 0 Å². The van der Waals surface area contributed by atoms with Gasteiger partial charge in [0.2, 0.25) is 0 Å². The summed E-state index contributed by atoms with van der Waals surface area (Å²) in [5.41, 5.74) is -1.40. The number of hydrogen-bond acceptors (Lipinski definition) is 6. The fourth-order valence-corrected chi connectivity index (χ4v) is 2.55. The third-order valence-electron chi connectivity index (χ3n) is 2.83. The largest absolute Gasteiger partial charge is 0.469 e. The maximum absolute atomic E-state index is 11.6. The van der Waals surface area contributed by atoms with Crippen molar-refractivity contribution in [2.45, 2.75) is 23.8 Å². The van der Waals surface area contributed by atoms with Gasteiger partial charge in [0.1, 0.15) is 17.6 Å². The van der Waals surface area contributed by atoms with E-state index in [4.69, 9.17) is 26.1 Å². The predicted molar refractivity (Wildman–Crippen MR) is 68.9 cm³/mol. The number of phosphoric acid groups is 1. The summed E-state index contributed by atoms with van der Waals surface area (Å²) in [6, 6.07) is 1.07. The smallest absolute Gasteiger partial charge is 0.389 e. The molecule has 0 aliphatic carbocycles. The number of nitrogens with one attached hydrogen (secondary N) is 1. The van der Waals surface area contributed by atoms with E-state index in [0.29, 0.717) is 0 Å². The van der Waals surface area contributed by atoms with Crippen molar-refractivity contribution in [3.8, 4) is 0 Å². The van der Waals surface area contributed by atoms with Crippen LogP contribution in [-0.2, 0) is 13.8 Å².